The molecule has 4 heteroatoms. The maximum atomic E-state index is 10.7. The summed E-state index contributed by atoms with van der Waals surface area (Å²) in [5, 5.41) is 2.61. The van der Waals surface area contributed by atoms with Crippen molar-refractivity contribution in [2.45, 2.75) is 6.10 Å². The maximum absolute atomic E-state index is 10.7. The van der Waals surface area contributed by atoms with Gasteiger partial charge in [0.05, 0.1) is 6.54 Å². The second-order valence-electron chi connectivity index (χ2n) is 5.52. The molecule has 4 nitrogen and oxygen atoms in total. The molecule has 0 saturated carbocycles. The standard InChI is InChI=1S/C13H9N.C9H9NO2/c1-2-6-12(7-3-1)9-10-13-8-4-5-11-14-13;11-9-10-6-8(12-9)7-4-2-1-3-5-7/h1-8,11H;1-5,8H,6H2,(H,10,11)/t;8-/m.1/s1. The Kier molecular flexibility index (Phi) is 6.00. The molecule has 1 aliphatic rings. The molecule has 0 spiro atoms. The first kappa shape index (κ1) is 17.2. The molecule has 26 heavy (non-hydrogen) atoms. The van der Waals surface area contributed by atoms with Gasteiger partial charge in [-0.1, -0.05) is 60.5 Å². The van der Waals surface area contributed by atoms with Crippen molar-refractivity contribution >= 4 is 6.09 Å². The molecule has 2 heterocycles. The summed E-state index contributed by atoms with van der Waals surface area (Å²) >= 11 is 0. The average molecular weight is 342 g/mol. The van der Waals surface area contributed by atoms with Crippen LogP contribution in [0, 0.1) is 11.8 Å². The van der Waals surface area contributed by atoms with E-state index in [1.807, 2.05) is 78.9 Å². The van der Waals surface area contributed by atoms with Crippen molar-refractivity contribution in [3.63, 3.8) is 0 Å². The van der Waals surface area contributed by atoms with Crippen LogP contribution >= 0.6 is 0 Å². The molecule has 0 unspecified atom stereocenters. The van der Waals surface area contributed by atoms with Crippen LogP contribution in [0.5, 0.6) is 0 Å². The van der Waals surface area contributed by atoms with Crippen molar-refractivity contribution in [1.29, 1.82) is 0 Å². The Bertz CT molecular complexity index is 841. The van der Waals surface area contributed by atoms with Crippen molar-refractivity contribution < 1.29 is 9.53 Å². The highest BCUT2D eigenvalue weighted by molar-refractivity contribution is 5.69. The molecule has 1 saturated heterocycles. The van der Waals surface area contributed by atoms with E-state index in [1.54, 1.807) is 6.20 Å². The topological polar surface area (TPSA) is 51.2 Å². The lowest BCUT2D eigenvalue weighted by Gasteiger charge is -2.06. The third kappa shape index (κ3) is 5.22. The molecule has 2 aromatic carbocycles. The smallest absolute Gasteiger partial charge is 0.407 e. The Labute approximate surface area is 152 Å². The number of aromatic nitrogens is 1. The minimum atomic E-state index is -0.330. The Morgan fingerprint density at radius 3 is 2.19 bits per heavy atom. The summed E-state index contributed by atoms with van der Waals surface area (Å²) in [6, 6.07) is 25.3. The number of benzene rings is 2. The Balaban J connectivity index is 0.000000152. The predicted octanol–water partition coefficient (Wildman–Crippen LogP) is 3.95. The highest BCUT2D eigenvalue weighted by Gasteiger charge is 2.23. The van der Waals surface area contributed by atoms with E-state index in [-0.39, 0.29) is 12.2 Å². The van der Waals surface area contributed by atoms with E-state index in [4.69, 9.17) is 4.74 Å². The van der Waals surface area contributed by atoms with E-state index in [0.717, 1.165) is 16.8 Å². The van der Waals surface area contributed by atoms with Crippen LogP contribution in [-0.4, -0.2) is 17.6 Å². The Morgan fingerprint density at radius 2 is 1.58 bits per heavy atom. The molecule has 0 bridgehead atoms. The lowest BCUT2D eigenvalue weighted by Crippen LogP contribution is -2.12. The molecule has 1 aromatic heterocycles. The third-order valence-electron chi connectivity index (χ3n) is 3.63. The molecule has 1 aliphatic heterocycles. The van der Waals surface area contributed by atoms with Gasteiger partial charge in [-0.2, -0.15) is 0 Å². The lowest BCUT2D eigenvalue weighted by molar-refractivity contribution is 0.141. The van der Waals surface area contributed by atoms with E-state index in [1.165, 1.54) is 0 Å². The number of nitrogens with zero attached hydrogens (tertiary/aromatic N) is 1. The van der Waals surface area contributed by atoms with Gasteiger partial charge in [-0.25, -0.2) is 9.78 Å². The normalized spacial score (nSPS) is 14.8. The first-order valence-corrected chi connectivity index (χ1v) is 8.29. The third-order valence-corrected chi connectivity index (χ3v) is 3.63. The SMILES string of the molecule is C(#Cc1ccccn1)c1ccccc1.O=C1NC[C@H](c2ccccc2)O1. The van der Waals surface area contributed by atoms with Gasteiger partial charge in [-0.05, 0) is 35.7 Å². The van der Waals surface area contributed by atoms with Crippen molar-refractivity contribution in [2.24, 2.45) is 0 Å². The van der Waals surface area contributed by atoms with Gasteiger partial charge in [-0.15, -0.1) is 0 Å². The van der Waals surface area contributed by atoms with Crippen LogP contribution in [0.2, 0.25) is 0 Å². The molecular formula is C22H18N2O2. The number of cyclic esters (lactones) is 1. The zero-order chi connectivity index (χ0) is 18.0. The predicted molar refractivity (Wildman–Crippen MR) is 100 cm³/mol. The molecule has 1 atom stereocenters. The van der Waals surface area contributed by atoms with E-state index in [0.29, 0.717) is 6.54 Å². The van der Waals surface area contributed by atoms with Crippen LogP contribution in [0.25, 0.3) is 0 Å². The first-order valence-electron chi connectivity index (χ1n) is 8.29. The zero-order valence-electron chi connectivity index (χ0n) is 14.1. The molecular weight excluding hydrogens is 324 g/mol. The second kappa shape index (κ2) is 9.05. The van der Waals surface area contributed by atoms with Crippen LogP contribution in [0.3, 0.4) is 0 Å². The highest BCUT2D eigenvalue weighted by Crippen LogP contribution is 2.19. The molecule has 1 fully saturated rings. The summed E-state index contributed by atoms with van der Waals surface area (Å²) in [4.78, 5) is 14.8. The Hall–Kier alpha value is -3.58. The van der Waals surface area contributed by atoms with Gasteiger partial charge in [0.25, 0.3) is 0 Å². The van der Waals surface area contributed by atoms with E-state index in [2.05, 4.69) is 22.1 Å². The number of hydrogen-bond acceptors (Lipinski definition) is 3. The first-order chi connectivity index (χ1) is 12.8. The van der Waals surface area contributed by atoms with Crippen molar-refractivity contribution in [1.82, 2.24) is 10.3 Å². The van der Waals surface area contributed by atoms with E-state index >= 15 is 0 Å². The van der Waals surface area contributed by atoms with Crippen molar-refractivity contribution in [2.75, 3.05) is 6.54 Å². The van der Waals surface area contributed by atoms with Crippen LogP contribution in [0.1, 0.15) is 22.9 Å². The van der Waals surface area contributed by atoms with Gasteiger partial charge >= 0.3 is 6.09 Å². The summed E-state index contributed by atoms with van der Waals surface area (Å²) in [6.45, 7) is 0.572. The average Bonchev–Trinajstić information content (AvgIpc) is 3.16. The largest absolute Gasteiger partial charge is 0.439 e. The molecule has 128 valence electrons. The van der Waals surface area contributed by atoms with Gasteiger partial charge < -0.3 is 10.1 Å². The van der Waals surface area contributed by atoms with Crippen LogP contribution in [0.4, 0.5) is 4.79 Å². The minimum Gasteiger partial charge on any atom is -0.439 e. The van der Waals surface area contributed by atoms with Gasteiger partial charge in [0.15, 0.2) is 0 Å². The molecule has 0 aliphatic carbocycles. The quantitative estimate of drug-likeness (QED) is 0.681. The van der Waals surface area contributed by atoms with Gasteiger partial charge in [0.1, 0.15) is 11.8 Å². The fourth-order valence-corrected chi connectivity index (χ4v) is 2.34. The number of ether oxygens (including phenoxy) is 1. The number of carbonyl (C=O) groups is 1. The number of nitrogens with one attached hydrogen (secondary N) is 1. The Morgan fingerprint density at radius 1 is 0.885 bits per heavy atom. The monoisotopic (exact) mass is 342 g/mol. The number of pyridine rings is 1. The second-order valence-corrected chi connectivity index (χ2v) is 5.52. The number of amides is 1. The number of alkyl carbamates (subject to hydrolysis) is 1. The number of rotatable bonds is 1. The summed E-state index contributed by atoms with van der Waals surface area (Å²) < 4.78 is 5.00. The van der Waals surface area contributed by atoms with E-state index in [9.17, 15) is 4.79 Å². The molecule has 1 amide bonds. The molecule has 0 radical (unpaired) electrons. The summed E-state index contributed by atoms with van der Waals surface area (Å²) in [6.07, 6.45) is 1.30. The highest BCUT2D eigenvalue weighted by atomic mass is 16.6. The fraction of sp³-hybridized carbons (Fsp3) is 0.0909. The minimum absolute atomic E-state index is 0.112. The van der Waals surface area contributed by atoms with Crippen LogP contribution in [0.15, 0.2) is 85.1 Å². The molecule has 1 N–H and O–H groups in total. The van der Waals surface area contributed by atoms with Crippen molar-refractivity contribution in [3.8, 4) is 11.8 Å². The lowest BCUT2D eigenvalue weighted by atomic mass is 10.1. The summed E-state index contributed by atoms with van der Waals surface area (Å²) in [7, 11) is 0. The van der Waals surface area contributed by atoms with Crippen LogP contribution in [-0.2, 0) is 4.74 Å². The molecule has 4 rings (SSSR count). The van der Waals surface area contributed by atoms with E-state index < -0.39 is 0 Å². The zero-order valence-corrected chi connectivity index (χ0v) is 14.1. The maximum Gasteiger partial charge on any atom is 0.407 e. The number of hydrogen-bond donors (Lipinski definition) is 1. The summed E-state index contributed by atoms with van der Waals surface area (Å²) in [5.74, 6) is 6.05. The summed E-state index contributed by atoms with van der Waals surface area (Å²) in [5.41, 5.74) is 2.85. The van der Waals surface area contributed by atoms with Crippen LogP contribution < -0.4 is 5.32 Å². The van der Waals surface area contributed by atoms with Gasteiger partial charge in [0.2, 0.25) is 0 Å². The molecule has 3 aromatic rings. The number of carbonyl (C=O) groups excluding carboxylic acids is 1. The fourth-order valence-electron chi connectivity index (χ4n) is 2.34. The van der Waals surface area contributed by atoms with Gasteiger partial charge in [-0.3, -0.25) is 0 Å². The van der Waals surface area contributed by atoms with Gasteiger partial charge in [0, 0.05) is 11.8 Å². The van der Waals surface area contributed by atoms with Crippen molar-refractivity contribution in [3.05, 3.63) is 102 Å².